The molecular weight excluding hydrogens is 190 g/mol. The molecule has 4 nitrogen and oxygen atoms in total. The van der Waals surface area contributed by atoms with Crippen LogP contribution in [0.4, 0.5) is 0 Å². The highest BCUT2D eigenvalue weighted by Crippen LogP contribution is 2.48. The standard InChI is InChI=1S/C11H21N3O/c1-2-3-4-7-13-9-11(5-6-11)8-10(12)14-15/h2-3,13,15H,4-9H2,1H3,(H2,12,14)/b3-2+. The van der Waals surface area contributed by atoms with Gasteiger partial charge in [0.05, 0.1) is 0 Å². The van der Waals surface area contributed by atoms with Gasteiger partial charge in [0.1, 0.15) is 5.84 Å². The predicted octanol–water partition coefficient (Wildman–Crippen LogP) is 1.46. The molecule has 0 aromatic carbocycles. The van der Waals surface area contributed by atoms with E-state index in [-0.39, 0.29) is 5.41 Å². The molecule has 0 heterocycles. The van der Waals surface area contributed by atoms with E-state index in [4.69, 9.17) is 10.9 Å². The maximum atomic E-state index is 8.50. The highest BCUT2D eigenvalue weighted by atomic mass is 16.4. The van der Waals surface area contributed by atoms with E-state index >= 15 is 0 Å². The summed E-state index contributed by atoms with van der Waals surface area (Å²) in [5.74, 6) is 0.350. The van der Waals surface area contributed by atoms with E-state index in [1.54, 1.807) is 0 Å². The van der Waals surface area contributed by atoms with Crippen LogP contribution in [0.15, 0.2) is 17.3 Å². The Morgan fingerprint density at radius 1 is 1.60 bits per heavy atom. The average Bonchev–Trinajstić information content (AvgIpc) is 2.98. The highest BCUT2D eigenvalue weighted by molar-refractivity contribution is 5.80. The molecule has 1 aliphatic rings. The number of allylic oxidation sites excluding steroid dienone is 1. The fraction of sp³-hybridized carbons (Fsp3) is 0.727. The van der Waals surface area contributed by atoms with Crippen LogP contribution in [0.25, 0.3) is 0 Å². The lowest BCUT2D eigenvalue weighted by atomic mass is 10.0. The molecule has 4 heteroatoms. The fourth-order valence-corrected chi connectivity index (χ4v) is 1.72. The summed E-state index contributed by atoms with van der Waals surface area (Å²) >= 11 is 0. The van der Waals surface area contributed by atoms with Gasteiger partial charge in [-0.05, 0) is 38.1 Å². The number of hydrogen-bond acceptors (Lipinski definition) is 3. The van der Waals surface area contributed by atoms with Gasteiger partial charge in [-0.25, -0.2) is 0 Å². The van der Waals surface area contributed by atoms with E-state index in [9.17, 15) is 0 Å². The number of nitrogens with zero attached hydrogens (tertiary/aromatic N) is 1. The summed E-state index contributed by atoms with van der Waals surface area (Å²) in [6.45, 7) is 4.00. The highest BCUT2D eigenvalue weighted by Gasteiger charge is 2.42. The number of amidine groups is 1. The summed E-state index contributed by atoms with van der Waals surface area (Å²) in [6, 6.07) is 0. The van der Waals surface area contributed by atoms with E-state index in [2.05, 4.69) is 22.6 Å². The molecule has 86 valence electrons. The lowest BCUT2D eigenvalue weighted by Gasteiger charge is -2.14. The average molecular weight is 211 g/mol. The predicted molar refractivity (Wildman–Crippen MR) is 62.0 cm³/mol. The van der Waals surface area contributed by atoms with Crippen molar-refractivity contribution in [1.82, 2.24) is 5.32 Å². The van der Waals surface area contributed by atoms with Gasteiger partial charge >= 0.3 is 0 Å². The first-order valence-electron chi connectivity index (χ1n) is 5.51. The van der Waals surface area contributed by atoms with Crippen molar-refractivity contribution >= 4 is 5.84 Å². The molecule has 15 heavy (non-hydrogen) atoms. The van der Waals surface area contributed by atoms with Crippen molar-refractivity contribution in [2.75, 3.05) is 13.1 Å². The smallest absolute Gasteiger partial charge is 0.139 e. The molecule has 0 aliphatic heterocycles. The van der Waals surface area contributed by atoms with Crippen LogP contribution in [-0.4, -0.2) is 24.1 Å². The van der Waals surface area contributed by atoms with Gasteiger partial charge in [-0.2, -0.15) is 0 Å². The monoisotopic (exact) mass is 211 g/mol. The van der Waals surface area contributed by atoms with Crippen LogP contribution in [0, 0.1) is 5.41 Å². The molecule has 0 spiro atoms. The van der Waals surface area contributed by atoms with Crippen molar-refractivity contribution in [3.8, 4) is 0 Å². The second kappa shape index (κ2) is 5.75. The third-order valence-corrected chi connectivity index (χ3v) is 2.87. The number of nitrogens with one attached hydrogen (secondary N) is 1. The molecule has 0 aromatic heterocycles. The maximum Gasteiger partial charge on any atom is 0.139 e. The minimum atomic E-state index is 0.270. The van der Waals surface area contributed by atoms with Gasteiger partial charge in [0.15, 0.2) is 0 Å². The molecule has 0 aromatic rings. The lowest BCUT2D eigenvalue weighted by molar-refractivity contribution is 0.314. The van der Waals surface area contributed by atoms with Crippen LogP contribution in [0.2, 0.25) is 0 Å². The summed E-state index contributed by atoms with van der Waals surface area (Å²) in [6.07, 6.45) is 8.34. The van der Waals surface area contributed by atoms with Crippen molar-refractivity contribution < 1.29 is 5.21 Å². The van der Waals surface area contributed by atoms with Crippen LogP contribution >= 0.6 is 0 Å². The molecule has 4 N–H and O–H groups in total. The molecule has 1 saturated carbocycles. The van der Waals surface area contributed by atoms with Crippen LogP contribution in [-0.2, 0) is 0 Å². The Balaban J connectivity index is 2.15. The van der Waals surface area contributed by atoms with Crippen LogP contribution in [0.5, 0.6) is 0 Å². The molecule has 1 fully saturated rings. The van der Waals surface area contributed by atoms with Gasteiger partial charge in [-0.1, -0.05) is 17.3 Å². The molecule has 1 rings (SSSR count). The van der Waals surface area contributed by atoms with Crippen molar-refractivity contribution in [1.29, 1.82) is 0 Å². The van der Waals surface area contributed by atoms with Gasteiger partial charge in [-0.15, -0.1) is 0 Å². The van der Waals surface area contributed by atoms with Crippen molar-refractivity contribution in [3.05, 3.63) is 12.2 Å². The Morgan fingerprint density at radius 3 is 2.87 bits per heavy atom. The van der Waals surface area contributed by atoms with Crippen molar-refractivity contribution in [3.63, 3.8) is 0 Å². The zero-order valence-corrected chi connectivity index (χ0v) is 9.37. The molecule has 0 radical (unpaired) electrons. The summed E-state index contributed by atoms with van der Waals surface area (Å²) in [4.78, 5) is 0. The van der Waals surface area contributed by atoms with E-state index < -0.39 is 0 Å². The molecule has 0 unspecified atom stereocenters. The Hall–Kier alpha value is -1.03. The Labute approximate surface area is 91.2 Å². The maximum absolute atomic E-state index is 8.50. The number of hydrogen-bond donors (Lipinski definition) is 3. The van der Waals surface area contributed by atoms with E-state index in [0.717, 1.165) is 19.5 Å². The first kappa shape index (κ1) is 12.0. The second-order valence-corrected chi connectivity index (χ2v) is 4.30. The molecule has 0 amide bonds. The van der Waals surface area contributed by atoms with Crippen molar-refractivity contribution in [2.45, 2.75) is 32.6 Å². The minimum Gasteiger partial charge on any atom is -0.409 e. The van der Waals surface area contributed by atoms with Gasteiger partial charge in [0, 0.05) is 13.0 Å². The van der Waals surface area contributed by atoms with Crippen LogP contribution in [0.1, 0.15) is 32.6 Å². The summed E-state index contributed by atoms with van der Waals surface area (Å²) in [5.41, 5.74) is 5.78. The van der Waals surface area contributed by atoms with Crippen LogP contribution < -0.4 is 11.1 Å². The minimum absolute atomic E-state index is 0.270. The van der Waals surface area contributed by atoms with E-state index in [0.29, 0.717) is 12.3 Å². The first-order valence-corrected chi connectivity index (χ1v) is 5.51. The normalized spacial score (nSPS) is 19.7. The molecule has 0 bridgehead atoms. The Morgan fingerprint density at radius 2 is 2.33 bits per heavy atom. The van der Waals surface area contributed by atoms with Gasteiger partial charge in [0.25, 0.3) is 0 Å². The zero-order valence-electron chi connectivity index (χ0n) is 9.37. The van der Waals surface area contributed by atoms with Gasteiger partial charge in [0.2, 0.25) is 0 Å². The third-order valence-electron chi connectivity index (χ3n) is 2.87. The Bertz CT molecular complexity index is 244. The molecule has 0 saturated heterocycles. The van der Waals surface area contributed by atoms with Gasteiger partial charge < -0.3 is 16.3 Å². The second-order valence-electron chi connectivity index (χ2n) is 4.30. The Kier molecular flexibility index (Phi) is 4.62. The van der Waals surface area contributed by atoms with E-state index in [1.807, 2.05) is 6.92 Å². The molecule has 0 atom stereocenters. The largest absolute Gasteiger partial charge is 0.409 e. The summed E-state index contributed by atoms with van der Waals surface area (Å²) in [7, 11) is 0. The third kappa shape index (κ3) is 4.34. The number of rotatable bonds is 7. The number of oxime groups is 1. The van der Waals surface area contributed by atoms with Crippen molar-refractivity contribution in [2.24, 2.45) is 16.3 Å². The van der Waals surface area contributed by atoms with Gasteiger partial charge in [-0.3, -0.25) is 0 Å². The zero-order chi connectivity index (χ0) is 11.1. The summed E-state index contributed by atoms with van der Waals surface area (Å²) in [5, 5.41) is 14.9. The quantitative estimate of drug-likeness (QED) is 0.149. The van der Waals surface area contributed by atoms with E-state index in [1.165, 1.54) is 12.8 Å². The molecular formula is C11H21N3O. The number of nitrogens with two attached hydrogens (primary N) is 1. The fourth-order valence-electron chi connectivity index (χ4n) is 1.72. The van der Waals surface area contributed by atoms with Crippen LogP contribution in [0.3, 0.4) is 0 Å². The lowest BCUT2D eigenvalue weighted by Crippen LogP contribution is -2.28. The molecule has 1 aliphatic carbocycles. The summed E-state index contributed by atoms with van der Waals surface area (Å²) < 4.78 is 0. The topological polar surface area (TPSA) is 70.6 Å². The SMILES string of the molecule is C/C=C/CCNCC1(C/C(N)=N/O)CC1. The first-order chi connectivity index (χ1) is 7.22.